The molecule has 1 heterocycles. The van der Waals surface area contributed by atoms with Gasteiger partial charge in [-0.15, -0.1) is 10.2 Å². The number of carbonyl (C=O) groups excluding carboxylic acids is 2. The molecule has 0 fully saturated rings. The van der Waals surface area contributed by atoms with E-state index in [2.05, 4.69) is 26.3 Å². The Morgan fingerprint density at radius 1 is 0.909 bits per heavy atom. The second-order valence-corrected chi connectivity index (χ2v) is 7.33. The van der Waals surface area contributed by atoms with E-state index >= 15 is 0 Å². The minimum absolute atomic E-state index is 0.293. The summed E-state index contributed by atoms with van der Waals surface area (Å²) < 4.78 is 5.32. The fourth-order valence-electron chi connectivity index (χ4n) is 2.88. The first-order chi connectivity index (χ1) is 16.1. The molecule has 0 atom stereocenters. The van der Waals surface area contributed by atoms with Crippen molar-refractivity contribution in [2.45, 2.75) is 6.54 Å². The van der Waals surface area contributed by atoms with E-state index in [9.17, 15) is 9.59 Å². The van der Waals surface area contributed by atoms with E-state index in [4.69, 9.17) is 16.3 Å². The summed E-state index contributed by atoms with van der Waals surface area (Å²) in [5, 5.41) is 12.9. The van der Waals surface area contributed by atoms with Crippen molar-refractivity contribution in [3.63, 3.8) is 0 Å². The van der Waals surface area contributed by atoms with Gasteiger partial charge in [-0.05, 0) is 35.0 Å². The maximum absolute atomic E-state index is 12.3. The standard InChI is InChI=1S/C23H19ClN6O3/c24-19-8-4-5-9-20(19)33-15-21(31)25-27-23(32)18-12-10-16(11-13-18)14-30-28-22(26-29-30)17-6-2-1-3-7-17/h1-13H,14-15H2,(H,25,31)(H,27,32). The summed E-state index contributed by atoms with van der Waals surface area (Å²) in [5.74, 6) is -0.0564. The van der Waals surface area contributed by atoms with Gasteiger partial charge in [0.25, 0.3) is 11.8 Å². The highest BCUT2D eigenvalue weighted by molar-refractivity contribution is 6.32. The van der Waals surface area contributed by atoms with Gasteiger partial charge in [-0.1, -0.05) is 66.2 Å². The molecule has 33 heavy (non-hydrogen) atoms. The fraction of sp³-hybridized carbons (Fsp3) is 0.0870. The minimum Gasteiger partial charge on any atom is -0.482 e. The Morgan fingerprint density at radius 2 is 1.64 bits per heavy atom. The van der Waals surface area contributed by atoms with Gasteiger partial charge >= 0.3 is 0 Å². The lowest BCUT2D eigenvalue weighted by Crippen LogP contribution is -2.43. The normalized spacial score (nSPS) is 10.5. The third kappa shape index (κ3) is 5.92. The number of benzene rings is 3. The number of rotatable bonds is 7. The number of halogens is 1. The summed E-state index contributed by atoms with van der Waals surface area (Å²) in [5.41, 5.74) is 6.80. The van der Waals surface area contributed by atoms with Crippen LogP contribution in [0.3, 0.4) is 0 Å². The zero-order valence-electron chi connectivity index (χ0n) is 17.3. The van der Waals surface area contributed by atoms with Crippen LogP contribution in [0.2, 0.25) is 5.02 Å². The molecule has 0 saturated carbocycles. The van der Waals surface area contributed by atoms with Crippen LogP contribution in [-0.4, -0.2) is 38.6 Å². The lowest BCUT2D eigenvalue weighted by molar-refractivity contribution is -0.123. The maximum Gasteiger partial charge on any atom is 0.276 e. The second-order valence-electron chi connectivity index (χ2n) is 6.93. The third-order valence-electron chi connectivity index (χ3n) is 4.54. The Balaban J connectivity index is 1.26. The zero-order valence-corrected chi connectivity index (χ0v) is 18.1. The zero-order chi connectivity index (χ0) is 23.0. The molecule has 4 rings (SSSR count). The molecule has 0 aliphatic rings. The molecule has 9 nitrogen and oxygen atoms in total. The molecule has 0 aliphatic carbocycles. The minimum atomic E-state index is -0.522. The summed E-state index contributed by atoms with van der Waals surface area (Å²) in [4.78, 5) is 25.7. The van der Waals surface area contributed by atoms with E-state index in [1.165, 1.54) is 4.80 Å². The Hall–Kier alpha value is -4.24. The van der Waals surface area contributed by atoms with Crippen molar-refractivity contribution >= 4 is 23.4 Å². The average Bonchev–Trinajstić information content (AvgIpc) is 3.31. The quantitative estimate of drug-likeness (QED) is 0.408. The van der Waals surface area contributed by atoms with Gasteiger partial charge in [0.05, 0.1) is 11.6 Å². The summed E-state index contributed by atoms with van der Waals surface area (Å²) in [6, 6.07) is 23.2. The molecule has 0 aliphatic heterocycles. The van der Waals surface area contributed by atoms with Crippen LogP contribution in [-0.2, 0) is 11.3 Å². The molecule has 2 N–H and O–H groups in total. The van der Waals surface area contributed by atoms with Crippen LogP contribution >= 0.6 is 11.6 Å². The number of aromatic nitrogens is 4. The Morgan fingerprint density at radius 3 is 2.39 bits per heavy atom. The molecule has 2 amide bonds. The van der Waals surface area contributed by atoms with E-state index in [0.29, 0.717) is 28.7 Å². The number of hydrogen-bond donors (Lipinski definition) is 2. The van der Waals surface area contributed by atoms with Crippen LogP contribution in [0.5, 0.6) is 5.75 Å². The molecule has 0 unspecified atom stereocenters. The number of nitrogens with zero attached hydrogens (tertiary/aromatic N) is 4. The molecule has 0 radical (unpaired) electrons. The molecule has 0 spiro atoms. The lowest BCUT2D eigenvalue weighted by atomic mass is 10.1. The molecule has 0 bridgehead atoms. The van der Waals surface area contributed by atoms with Crippen molar-refractivity contribution in [3.8, 4) is 17.1 Å². The second kappa shape index (κ2) is 10.4. The number of ether oxygens (including phenoxy) is 1. The van der Waals surface area contributed by atoms with E-state index in [-0.39, 0.29) is 6.61 Å². The predicted octanol–water partition coefficient (Wildman–Crippen LogP) is 2.88. The smallest absolute Gasteiger partial charge is 0.276 e. The first kappa shape index (κ1) is 22.0. The van der Waals surface area contributed by atoms with Gasteiger partial charge < -0.3 is 4.74 Å². The monoisotopic (exact) mass is 462 g/mol. The number of carbonyl (C=O) groups is 2. The van der Waals surface area contributed by atoms with Crippen LogP contribution in [0, 0.1) is 0 Å². The van der Waals surface area contributed by atoms with Crippen molar-refractivity contribution in [2.75, 3.05) is 6.61 Å². The molecular formula is C23H19ClN6O3. The van der Waals surface area contributed by atoms with Gasteiger partial charge in [0, 0.05) is 11.1 Å². The summed E-state index contributed by atoms with van der Waals surface area (Å²) in [7, 11) is 0. The van der Waals surface area contributed by atoms with Crippen molar-refractivity contribution in [3.05, 3.63) is 95.0 Å². The highest BCUT2D eigenvalue weighted by Gasteiger charge is 2.10. The van der Waals surface area contributed by atoms with Crippen molar-refractivity contribution < 1.29 is 14.3 Å². The predicted molar refractivity (Wildman–Crippen MR) is 121 cm³/mol. The average molecular weight is 463 g/mol. The molecular weight excluding hydrogens is 444 g/mol. The molecule has 166 valence electrons. The third-order valence-corrected chi connectivity index (χ3v) is 4.85. The number of hydrazine groups is 1. The van der Waals surface area contributed by atoms with E-state index in [0.717, 1.165) is 11.1 Å². The van der Waals surface area contributed by atoms with Gasteiger partial charge in [-0.2, -0.15) is 4.80 Å². The Labute approximate surface area is 194 Å². The molecule has 0 saturated heterocycles. The Bertz CT molecular complexity index is 1240. The SMILES string of the molecule is O=C(COc1ccccc1Cl)NNC(=O)c1ccc(Cn2nnc(-c3ccccc3)n2)cc1. The molecule has 1 aromatic heterocycles. The van der Waals surface area contributed by atoms with Gasteiger partial charge in [-0.3, -0.25) is 20.4 Å². The van der Waals surface area contributed by atoms with Crippen LogP contribution < -0.4 is 15.6 Å². The van der Waals surface area contributed by atoms with E-state index < -0.39 is 11.8 Å². The molecule has 3 aromatic carbocycles. The summed E-state index contributed by atoms with van der Waals surface area (Å²) in [6.45, 7) is 0.108. The van der Waals surface area contributed by atoms with Gasteiger partial charge in [0.15, 0.2) is 6.61 Å². The number of para-hydroxylation sites is 1. The fourth-order valence-corrected chi connectivity index (χ4v) is 3.07. The summed E-state index contributed by atoms with van der Waals surface area (Å²) in [6.07, 6.45) is 0. The van der Waals surface area contributed by atoms with E-state index in [1.807, 2.05) is 30.3 Å². The van der Waals surface area contributed by atoms with Crippen LogP contribution in [0.4, 0.5) is 0 Å². The lowest BCUT2D eigenvalue weighted by Gasteiger charge is -2.10. The summed E-state index contributed by atoms with van der Waals surface area (Å²) >= 11 is 5.97. The van der Waals surface area contributed by atoms with Gasteiger partial charge in [-0.25, -0.2) is 0 Å². The first-order valence-corrected chi connectivity index (χ1v) is 10.3. The molecule has 10 heteroatoms. The number of nitrogens with one attached hydrogen (secondary N) is 2. The number of amides is 2. The highest BCUT2D eigenvalue weighted by atomic mass is 35.5. The topological polar surface area (TPSA) is 111 Å². The Kier molecular flexibility index (Phi) is 6.91. The largest absolute Gasteiger partial charge is 0.482 e. The van der Waals surface area contributed by atoms with Gasteiger partial charge in [0.1, 0.15) is 5.75 Å². The number of hydrogen-bond acceptors (Lipinski definition) is 6. The molecule has 4 aromatic rings. The van der Waals surface area contributed by atoms with Gasteiger partial charge in [0.2, 0.25) is 5.82 Å². The van der Waals surface area contributed by atoms with Crippen molar-refractivity contribution in [1.29, 1.82) is 0 Å². The highest BCUT2D eigenvalue weighted by Crippen LogP contribution is 2.22. The first-order valence-electron chi connectivity index (χ1n) is 9.97. The van der Waals surface area contributed by atoms with Crippen LogP contribution in [0.15, 0.2) is 78.9 Å². The maximum atomic E-state index is 12.3. The van der Waals surface area contributed by atoms with Crippen molar-refractivity contribution in [2.24, 2.45) is 0 Å². The van der Waals surface area contributed by atoms with Crippen LogP contribution in [0.25, 0.3) is 11.4 Å². The van der Waals surface area contributed by atoms with Crippen molar-refractivity contribution in [1.82, 2.24) is 31.1 Å². The number of tetrazole rings is 1. The van der Waals surface area contributed by atoms with E-state index in [1.54, 1.807) is 48.5 Å². The van der Waals surface area contributed by atoms with Crippen LogP contribution in [0.1, 0.15) is 15.9 Å².